The van der Waals surface area contributed by atoms with Crippen LogP contribution in [0, 0.1) is 13.8 Å². The predicted molar refractivity (Wildman–Crippen MR) is 107 cm³/mol. The Morgan fingerprint density at radius 3 is 2.71 bits per heavy atom. The van der Waals surface area contributed by atoms with Crippen LogP contribution in [-0.2, 0) is 6.54 Å². The lowest BCUT2D eigenvalue weighted by atomic mass is 10.1. The Labute approximate surface area is 163 Å². The molecule has 0 unspecified atom stereocenters. The Kier molecular flexibility index (Phi) is 4.85. The molecule has 0 bridgehead atoms. The highest BCUT2D eigenvalue weighted by atomic mass is 16.7. The van der Waals surface area contributed by atoms with Crippen molar-refractivity contribution in [2.24, 2.45) is 0 Å². The van der Waals surface area contributed by atoms with Gasteiger partial charge in [-0.3, -0.25) is 4.79 Å². The molecule has 2 heterocycles. The van der Waals surface area contributed by atoms with Crippen LogP contribution in [0.5, 0.6) is 11.5 Å². The summed E-state index contributed by atoms with van der Waals surface area (Å²) in [6.07, 6.45) is 1.66. The van der Waals surface area contributed by atoms with Crippen LogP contribution in [0.4, 0.5) is 11.4 Å². The molecule has 0 spiro atoms. The molecule has 1 aromatic heterocycles. The molecule has 6 nitrogen and oxygen atoms in total. The number of anilines is 2. The number of carbonyl (C=O) groups is 1. The van der Waals surface area contributed by atoms with E-state index in [2.05, 4.69) is 40.7 Å². The quantitative estimate of drug-likeness (QED) is 0.702. The van der Waals surface area contributed by atoms with Gasteiger partial charge in [0.05, 0.1) is 11.9 Å². The molecule has 0 radical (unpaired) electrons. The minimum atomic E-state index is -0.226. The maximum Gasteiger partial charge on any atom is 0.270 e. The second-order valence-electron chi connectivity index (χ2n) is 6.75. The molecule has 1 aliphatic rings. The SMILES string of the molecule is Cc1ccc(C)c(Nc2ccc(C(=O)NCc3ccc4c(c3)OCO4)nc2)c1. The van der Waals surface area contributed by atoms with Crippen LogP contribution in [0.15, 0.2) is 54.7 Å². The number of aryl methyl sites for hydroxylation is 2. The van der Waals surface area contributed by atoms with Crippen LogP contribution in [0.25, 0.3) is 0 Å². The first-order valence-electron chi connectivity index (χ1n) is 9.05. The van der Waals surface area contributed by atoms with Gasteiger partial charge >= 0.3 is 0 Å². The van der Waals surface area contributed by atoms with Crippen molar-refractivity contribution in [2.75, 3.05) is 12.1 Å². The van der Waals surface area contributed by atoms with Crippen molar-refractivity contribution in [1.82, 2.24) is 10.3 Å². The van der Waals surface area contributed by atoms with Gasteiger partial charge in [-0.1, -0.05) is 18.2 Å². The Balaban J connectivity index is 1.38. The normalized spacial score (nSPS) is 11.9. The van der Waals surface area contributed by atoms with Crippen molar-refractivity contribution in [3.05, 3.63) is 77.1 Å². The molecular weight excluding hydrogens is 354 g/mol. The lowest BCUT2D eigenvalue weighted by Crippen LogP contribution is -2.23. The van der Waals surface area contributed by atoms with E-state index in [9.17, 15) is 4.79 Å². The minimum absolute atomic E-state index is 0.226. The van der Waals surface area contributed by atoms with Crippen molar-refractivity contribution in [3.63, 3.8) is 0 Å². The number of pyridine rings is 1. The molecule has 0 atom stereocenters. The molecule has 142 valence electrons. The number of aromatic nitrogens is 1. The van der Waals surface area contributed by atoms with Gasteiger partial charge < -0.3 is 20.1 Å². The summed E-state index contributed by atoms with van der Waals surface area (Å²) >= 11 is 0. The third kappa shape index (κ3) is 3.91. The minimum Gasteiger partial charge on any atom is -0.454 e. The van der Waals surface area contributed by atoms with E-state index in [4.69, 9.17) is 9.47 Å². The standard InChI is InChI=1S/C22H21N3O3/c1-14-3-4-15(2)19(9-14)25-17-6-7-18(23-12-17)22(26)24-11-16-5-8-20-21(10-16)28-13-27-20/h3-10,12,25H,11,13H2,1-2H3,(H,24,26). The fourth-order valence-corrected chi connectivity index (χ4v) is 2.95. The molecule has 28 heavy (non-hydrogen) atoms. The molecule has 1 aliphatic heterocycles. The molecule has 1 amide bonds. The highest BCUT2D eigenvalue weighted by Crippen LogP contribution is 2.32. The number of fused-ring (bicyclic) bond motifs is 1. The number of rotatable bonds is 5. The van der Waals surface area contributed by atoms with Gasteiger partial charge in [0.2, 0.25) is 6.79 Å². The van der Waals surface area contributed by atoms with E-state index in [0.29, 0.717) is 18.0 Å². The Hall–Kier alpha value is -3.54. The maximum absolute atomic E-state index is 12.4. The van der Waals surface area contributed by atoms with Gasteiger partial charge in [-0.15, -0.1) is 0 Å². The van der Waals surface area contributed by atoms with Crippen molar-refractivity contribution in [1.29, 1.82) is 0 Å². The molecule has 2 aromatic carbocycles. The van der Waals surface area contributed by atoms with Crippen LogP contribution in [0.3, 0.4) is 0 Å². The van der Waals surface area contributed by atoms with Gasteiger partial charge in [-0.05, 0) is 60.9 Å². The number of benzene rings is 2. The number of hydrogen-bond donors (Lipinski definition) is 2. The second-order valence-corrected chi connectivity index (χ2v) is 6.75. The van der Waals surface area contributed by atoms with Gasteiger partial charge in [0.15, 0.2) is 11.5 Å². The molecule has 0 fully saturated rings. The van der Waals surface area contributed by atoms with E-state index in [0.717, 1.165) is 28.3 Å². The Morgan fingerprint density at radius 1 is 1.04 bits per heavy atom. The zero-order chi connectivity index (χ0) is 19.5. The summed E-state index contributed by atoms with van der Waals surface area (Å²) in [5.41, 5.74) is 5.50. The maximum atomic E-state index is 12.4. The second kappa shape index (κ2) is 7.60. The zero-order valence-electron chi connectivity index (χ0n) is 15.8. The van der Waals surface area contributed by atoms with E-state index in [1.807, 2.05) is 31.2 Å². The smallest absolute Gasteiger partial charge is 0.270 e. The molecule has 4 rings (SSSR count). The van der Waals surface area contributed by atoms with Gasteiger partial charge in [-0.2, -0.15) is 0 Å². The van der Waals surface area contributed by atoms with E-state index in [1.165, 1.54) is 5.56 Å². The van der Waals surface area contributed by atoms with Gasteiger partial charge in [-0.25, -0.2) is 4.98 Å². The summed E-state index contributed by atoms with van der Waals surface area (Å²) in [7, 11) is 0. The van der Waals surface area contributed by atoms with Crippen molar-refractivity contribution < 1.29 is 14.3 Å². The van der Waals surface area contributed by atoms with Crippen molar-refractivity contribution >= 4 is 17.3 Å². The van der Waals surface area contributed by atoms with Crippen LogP contribution in [0.2, 0.25) is 0 Å². The molecule has 0 saturated carbocycles. The molecular formula is C22H21N3O3. The molecule has 3 aromatic rings. The third-order valence-corrected chi connectivity index (χ3v) is 4.56. The first kappa shape index (κ1) is 17.9. The summed E-state index contributed by atoms with van der Waals surface area (Å²) in [6, 6.07) is 15.4. The number of nitrogens with one attached hydrogen (secondary N) is 2. The monoisotopic (exact) mass is 375 g/mol. The number of nitrogens with zero attached hydrogens (tertiary/aromatic N) is 1. The largest absolute Gasteiger partial charge is 0.454 e. The first-order chi connectivity index (χ1) is 13.6. The number of hydrogen-bond acceptors (Lipinski definition) is 5. The van der Waals surface area contributed by atoms with Crippen molar-refractivity contribution in [2.45, 2.75) is 20.4 Å². The van der Waals surface area contributed by atoms with Crippen LogP contribution in [-0.4, -0.2) is 17.7 Å². The van der Waals surface area contributed by atoms with Crippen molar-refractivity contribution in [3.8, 4) is 11.5 Å². The summed E-state index contributed by atoms with van der Waals surface area (Å²) < 4.78 is 10.6. The van der Waals surface area contributed by atoms with E-state index < -0.39 is 0 Å². The average molecular weight is 375 g/mol. The summed E-state index contributed by atoms with van der Waals surface area (Å²) in [4.78, 5) is 16.6. The van der Waals surface area contributed by atoms with Gasteiger partial charge in [0.1, 0.15) is 5.69 Å². The lowest BCUT2D eigenvalue weighted by Gasteiger charge is -2.11. The topological polar surface area (TPSA) is 72.5 Å². The number of ether oxygens (including phenoxy) is 2. The van der Waals surface area contributed by atoms with Crippen LogP contribution in [0.1, 0.15) is 27.2 Å². The summed E-state index contributed by atoms with van der Waals surface area (Å²) in [5, 5.41) is 6.21. The lowest BCUT2D eigenvalue weighted by molar-refractivity contribution is 0.0946. The summed E-state index contributed by atoms with van der Waals surface area (Å²) in [6.45, 7) is 4.72. The summed E-state index contributed by atoms with van der Waals surface area (Å²) in [5.74, 6) is 1.20. The average Bonchev–Trinajstić information content (AvgIpc) is 3.17. The molecule has 0 aliphatic carbocycles. The Bertz CT molecular complexity index is 1020. The first-order valence-corrected chi connectivity index (χ1v) is 9.05. The Morgan fingerprint density at radius 2 is 1.89 bits per heavy atom. The van der Waals surface area contributed by atoms with Gasteiger partial charge in [0.25, 0.3) is 5.91 Å². The van der Waals surface area contributed by atoms with Crippen LogP contribution < -0.4 is 20.1 Å². The highest BCUT2D eigenvalue weighted by Gasteiger charge is 2.14. The molecule has 6 heteroatoms. The third-order valence-electron chi connectivity index (χ3n) is 4.56. The fraction of sp³-hybridized carbons (Fsp3) is 0.182. The van der Waals surface area contributed by atoms with Crippen LogP contribution >= 0.6 is 0 Å². The molecule has 0 saturated heterocycles. The zero-order valence-corrected chi connectivity index (χ0v) is 15.8. The fourth-order valence-electron chi connectivity index (χ4n) is 2.95. The molecule has 2 N–H and O–H groups in total. The van der Waals surface area contributed by atoms with E-state index in [1.54, 1.807) is 12.3 Å². The predicted octanol–water partition coefficient (Wildman–Crippen LogP) is 4.10. The number of amides is 1. The number of carbonyl (C=O) groups excluding carboxylic acids is 1. The van der Waals surface area contributed by atoms with Gasteiger partial charge in [0, 0.05) is 12.2 Å². The van der Waals surface area contributed by atoms with E-state index in [-0.39, 0.29) is 12.7 Å². The highest BCUT2D eigenvalue weighted by molar-refractivity contribution is 5.92. The van der Waals surface area contributed by atoms with E-state index >= 15 is 0 Å².